The van der Waals surface area contributed by atoms with Gasteiger partial charge in [0.1, 0.15) is 0 Å². The van der Waals surface area contributed by atoms with Gasteiger partial charge in [0.05, 0.1) is 5.69 Å². The molecule has 1 saturated heterocycles. The van der Waals surface area contributed by atoms with E-state index in [1.54, 1.807) is 0 Å². The second-order valence-electron chi connectivity index (χ2n) is 8.12. The Balaban J connectivity index is 2.08. The van der Waals surface area contributed by atoms with Gasteiger partial charge in [-0.25, -0.2) is 9.97 Å². The van der Waals surface area contributed by atoms with Crippen LogP contribution in [-0.4, -0.2) is 23.1 Å². The lowest BCUT2D eigenvalue weighted by Gasteiger charge is -2.39. The normalized spacial score (nSPS) is 18.4. The minimum atomic E-state index is 0.0847. The molecule has 0 unspecified atom stereocenters. The number of nitrogens with zero attached hydrogens (tertiary/aromatic N) is 3. The Hall–Kier alpha value is -1.12. The topological polar surface area (TPSA) is 29.0 Å². The fraction of sp³-hybridized carbons (Fsp3) is 0.765. The van der Waals surface area contributed by atoms with E-state index in [0.717, 1.165) is 30.6 Å². The first kappa shape index (κ1) is 15.3. The summed E-state index contributed by atoms with van der Waals surface area (Å²) in [5.74, 6) is 1.72. The maximum Gasteiger partial charge on any atom is 0.225 e. The highest BCUT2D eigenvalue weighted by molar-refractivity contribution is 5.32. The molecule has 0 amide bonds. The Kier molecular flexibility index (Phi) is 4.08. The molecule has 0 atom stereocenters. The van der Waals surface area contributed by atoms with Crippen LogP contribution < -0.4 is 4.90 Å². The van der Waals surface area contributed by atoms with Crippen LogP contribution in [0.25, 0.3) is 0 Å². The lowest BCUT2D eigenvalue weighted by Crippen LogP contribution is -2.39. The van der Waals surface area contributed by atoms with Crippen molar-refractivity contribution in [3.05, 3.63) is 18.0 Å². The van der Waals surface area contributed by atoms with E-state index in [0.29, 0.717) is 5.41 Å². The molecule has 0 aliphatic carbocycles. The molecular weight excluding hydrogens is 246 g/mol. The third-order valence-corrected chi connectivity index (χ3v) is 4.41. The maximum atomic E-state index is 4.77. The summed E-state index contributed by atoms with van der Waals surface area (Å²) in [6.07, 6.45) is 4.39. The molecule has 0 aromatic carbocycles. The van der Waals surface area contributed by atoms with Crippen LogP contribution in [0.5, 0.6) is 0 Å². The fourth-order valence-corrected chi connectivity index (χ4v) is 2.86. The predicted molar refractivity (Wildman–Crippen MR) is 85.1 cm³/mol. The minimum Gasteiger partial charge on any atom is -0.341 e. The molecular formula is C17H29N3. The van der Waals surface area contributed by atoms with Crippen molar-refractivity contribution in [3.63, 3.8) is 0 Å². The molecule has 3 heteroatoms. The van der Waals surface area contributed by atoms with E-state index in [2.05, 4.69) is 51.4 Å². The van der Waals surface area contributed by atoms with Crippen molar-refractivity contribution in [1.29, 1.82) is 0 Å². The predicted octanol–water partition coefficient (Wildman–Crippen LogP) is 4.04. The van der Waals surface area contributed by atoms with E-state index in [1.165, 1.54) is 12.8 Å². The molecule has 3 nitrogen and oxygen atoms in total. The number of aromatic nitrogens is 2. The zero-order valence-electron chi connectivity index (χ0n) is 13.9. The van der Waals surface area contributed by atoms with Crippen LogP contribution in [0, 0.1) is 11.3 Å². The van der Waals surface area contributed by atoms with Crippen LogP contribution in [0.4, 0.5) is 5.95 Å². The van der Waals surface area contributed by atoms with Crippen LogP contribution in [0.3, 0.4) is 0 Å². The molecule has 0 bridgehead atoms. The summed E-state index contributed by atoms with van der Waals surface area (Å²) in [6.45, 7) is 15.8. The number of hydrogen-bond donors (Lipinski definition) is 0. The summed E-state index contributed by atoms with van der Waals surface area (Å²) in [4.78, 5) is 11.6. The SMILES string of the molecule is CC(C)(C)c1ccnc(N2CCC(C(C)(C)C)CC2)n1. The van der Waals surface area contributed by atoms with E-state index in [-0.39, 0.29) is 5.41 Å². The third kappa shape index (κ3) is 3.50. The molecule has 1 aliphatic rings. The van der Waals surface area contributed by atoms with Crippen LogP contribution >= 0.6 is 0 Å². The van der Waals surface area contributed by atoms with Crippen LogP contribution in [0.1, 0.15) is 60.1 Å². The molecule has 0 spiro atoms. The Morgan fingerprint density at radius 1 is 1.05 bits per heavy atom. The van der Waals surface area contributed by atoms with Gasteiger partial charge in [-0.1, -0.05) is 41.5 Å². The molecule has 2 rings (SSSR count). The Morgan fingerprint density at radius 3 is 2.15 bits per heavy atom. The molecule has 1 aliphatic heterocycles. The molecule has 0 saturated carbocycles. The summed E-state index contributed by atoms with van der Waals surface area (Å²) in [6, 6.07) is 2.03. The van der Waals surface area contributed by atoms with Crippen molar-refractivity contribution in [2.75, 3.05) is 18.0 Å². The fourth-order valence-electron chi connectivity index (χ4n) is 2.86. The van der Waals surface area contributed by atoms with E-state index in [9.17, 15) is 0 Å². The number of rotatable bonds is 1. The van der Waals surface area contributed by atoms with Gasteiger partial charge in [0, 0.05) is 24.7 Å². The lowest BCUT2D eigenvalue weighted by molar-refractivity contribution is 0.198. The zero-order valence-corrected chi connectivity index (χ0v) is 13.9. The second kappa shape index (κ2) is 5.34. The molecule has 1 fully saturated rings. The highest BCUT2D eigenvalue weighted by Gasteiger charge is 2.29. The van der Waals surface area contributed by atoms with Crippen molar-refractivity contribution in [1.82, 2.24) is 9.97 Å². The van der Waals surface area contributed by atoms with Gasteiger partial charge in [-0.05, 0) is 30.2 Å². The van der Waals surface area contributed by atoms with Crippen molar-refractivity contribution >= 4 is 5.95 Å². The van der Waals surface area contributed by atoms with Gasteiger partial charge in [0.25, 0.3) is 0 Å². The highest BCUT2D eigenvalue weighted by Crippen LogP contribution is 2.35. The summed E-state index contributed by atoms with van der Waals surface area (Å²) < 4.78 is 0. The van der Waals surface area contributed by atoms with Crippen molar-refractivity contribution < 1.29 is 0 Å². The van der Waals surface area contributed by atoms with E-state index in [1.807, 2.05) is 12.3 Å². The monoisotopic (exact) mass is 275 g/mol. The number of piperidine rings is 1. The van der Waals surface area contributed by atoms with Crippen LogP contribution in [-0.2, 0) is 5.41 Å². The number of hydrogen-bond acceptors (Lipinski definition) is 3. The number of anilines is 1. The minimum absolute atomic E-state index is 0.0847. The second-order valence-corrected chi connectivity index (χ2v) is 8.12. The first-order valence-electron chi connectivity index (χ1n) is 7.76. The van der Waals surface area contributed by atoms with Gasteiger partial charge in [0.15, 0.2) is 0 Å². The first-order valence-corrected chi connectivity index (χ1v) is 7.76. The molecule has 112 valence electrons. The van der Waals surface area contributed by atoms with Gasteiger partial charge in [-0.2, -0.15) is 0 Å². The Bertz CT molecular complexity index is 446. The molecule has 1 aromatic rings. The van der Waals surface area contributed by atoms with E-state index < -0.39 is 0 Å². The lowest BCUT2D eigenvalue weighted by atomic mass is 9.75. The smallest absolute Gasteiger partial charge is 0.225 e. The molecule has 0 radical (unpaired) electrons. The average Bonchev–Trinajstić information content (AvgIpc) is 2.37. The van der Waals surface area contributed by atoms with E-state index >= 15 is 0 Å². The Labute approximate surface area is 123 Å². The van der Waals surface area contributed by atoms with E-state index in [4.69, 9.17) is 4.98 Å². The molecule has 1 aromatic heterocycles. The van der Waals surface area contributed by atoms with Gasteiger partial charge in [-0.3, -0.25) is 0 Å². The van der Waals surface area contributed by atoms with Crippen LogP contribution in [0.15, 0.2) is 12.3 Å². The van der Waals surface area contributed by atoms with Gasteiger partial charge in [0.2, 0.25) is 5.95 Å². The maximum absolute atomic E-state index is 4.77. The van der Waals surface area contributed by atoms with Gasteiger partial charge in [-0.15, -0.1) is 0 Å². The summed E-state index contributed by atoms with van der Waals surface area (Å²) >= 11 is 0. The third-order valence-electron chi connectivity index (χ3n) is 4.41. The largest absolute Gasteiger partial charge is 0.341 e. The first-order chi connectivity index (χ1) is 9.18. The quantitative estimate of drug-likeness (QED) is 0.774. The zero-order chi connectivity index (χ0) is 15.0. The van der Waals surface area contributed by atoms with Gasteiger partial charge >= 0.3 is 0 Å². The summed E-state index contributed by atoms with van der Waals surface area (Å²) in [5, 5.41) is 0. The van der Waals surface area contributed by atoms with Crippen molar-refractivity contribution in [3.8, 4) is 0 Å². The van der Waals surface area contributed by atoms with Crippen LogP contribution in [0.2, 0.25) is 0 Å². The summed E-state index contributed by atoms with van der Waals surface area (Å²) in [5.41, 5.74) is 1.63. The molecule has 2 heterocycles. The molecule has 20 heavy (non-hydrogen) atoms. The van der Waals surface area contributed by atoms with Crippen molar-refractivity contribution in [2.45, 2.75) is 59.8 Å². The summed E-state index contributed by atoms with van der Waals surface area (Å²) in [7, 11) is 0. The molecule has 0 N–H and O–H groups in total. The standard InChI is InChI=1S/C17H29N3/c1-16(2,3)13-8-11-20(12-9-13)15-18-10-7-14(19-15)17(4,5)6/h7,10,13H,8-9,11-12H2,1-6H3. The van der Waals surface area contributed by atoms with Gasteiger partial charge < -0.3 is 4.90 Å². The van der Waals surface area contributed by atoms with Crippen molar-refractivity contribution in [2.24, 2.45) is 11.3 Å². The Morgan fingerprint density at radius 2 is 1.65 bits per heavy atom. The average molecular weight is 275 g/mol. The highest BCUT2D eigenvalue weighted by atomic mass is 15.3.